The second-order valence-electron chi connectivity index (χ2n) is 17.7. The zero-order chi connectivity index (χ0) is 49.2. The molecule has 0 aromatic carbocycles. The van der Waals surface area contributed by atoms with Gasteiger partial charge in [0.05, 0.1) is 16.2 Å². The maximum Gasteiger partial charge on any atom is 0.288 e. The number of hydrogen-bond acceptors (Lipinski definition) is 6. The largest absolute Gasteiger partial charge is 1.00 e. The minimum absolute atomic E-state index is 0. The molecule has 0 aliphatic heterocycles. The Bertz CT molecular complexity index is 1470. The zero-order valence-corrected chi connectivity index (χ0v) is 47.8. The number of amides is 4. The Hall–Kier alpha value is -2.42. The molecule has 15 heteroatoms. The van der Waals surface area contributed by atoms with Gasteiger partial charge in [0, 0.05) is 74.8 Å². The van der Waals surface area contributed by atoms with E-state index in [-0.39, 0.29) is 57.7 Å². The summed E-state index contributed by atoms with van der Waals surface area (Å²) in [6, 6.07) is 6.99. The molecule has 0 N–H and O–H groups in total. The molecule has 3 aliphatic rings. The van der Waals surface area contributed by atoms with Crippen molar-refractivity contribution in [3.05, 3.63) is 60.2 Å². The van der Waals surface area contributed by atoms with Gasteiger partial charge >= 0.3 is 0 Å². The number of nitrogens with zero attached hydrogens (tertiary/aromatic N) is 6. The molecule has 64 heavy (non-hydrogen) atoms. The Kier molecular flexibility index (Phi) is 43.5. The van der Waals surface area contributed by atoms with E-state index in [1.807, 2.05) is 13.8 Å². The van der Waals surface area contributed by atoms with Crippen molar-refractivity contribution < 1.29 is 45.5 Å². The van der Waals surface area contributed by atoms with Crippen LogP contribution in [0.2, 0.25) is 0 Å². The average molecular weight is 1110 g/mol. The van der Waals surface area contributed by atoms with Crippen molar-refractivity contribution in [2.45, 2.75) is 120 Å². The molecule has 0 radical (unpaired) electrons. The van der Waals surface area contributed by atoms with E-state index in [9.17, 15) is 24.0 Å². The molecule has 6 atom stereocenters. The third-order valence-electron chi connectivity index (χ3n) is 10.2. The highest BCUT2D eigenvalue weighted by Crippen LogP contribution is 2.30. The van der Waals surface area contributed by atoms with E-state index in [0.29, 0.717) is 16.5 Å². The fraction of sp³-hybridized carbons (Fsp3) is 0.694. The van der Waals surface area contributed by atoms with Crippen LogP contribution in [0.5, 0.6) is 0 Å². The predicted octanol–water partition coefficient (Wildman–Crippen LogP) is 7.52. The molecule has 6 unspecified atom stereocenters. The minimum atomic E-state index is -0.356. The molecular weight excluding hydrogens is 1030 g/mol. The summed E-state index contributed by atoms with van der Waals surface area (Å²) in [5, 5.41) is 0.305. The van der Waals surface area contributed by atoms with Crippen LogP contribution in [-0.4, -0.2) is 120 Å². The lowest BCUT2D eigenvalue weighted by molar-refractivity contribution is -0.685. The fourth-order valence-corrected chi connectivity index (χ4v) is 7.15. The first kappa shape index (κ1) is 68.2. The number of halogens is 4. The van der Waals surface area contributed by atoms with Gasteiger partial charge in [-0.05, 0) is 84.6 Å². The van der Waals surface area contributed by atoms with Crippen molar-refractivity contribution in [3.63, 3.8) is 0 Å². The van der Waals surface area contributed by atoms with Gasteiger partial charge in [0.25, 0.3) is 17.7 Å². The van der Waals surface area contributed by atoms with E-state index in [2.05, 4.69) is 78.4 Å². The van der Waals surface area contributed by atoms with Gasteiger partial charge in [0.2, 0.25) is 17.7 Å². The Morgan fingerprint density at radius 1 is 0.594 bits per heavy atom. The highest BCUT2D eigenvalue weighted by molar-refractivity contribution is 9.09. The van der Waals surface area contributed by atoms with E-state index in [1.165, 1.54) is 77.4 Å². The molecule has 3 fully saturated rings. The van der Waals surface area contributed by atoms with Crippen LogP contribution >= 0.6 is 43.5 Å². The number of aromatic nitrogens is 2. The normalized spacial score (nSPS) is 19.6. The number of hydrogen-bond donors (Lipinski definition) is 0. The van der Waals surface area contributed by atoms with Crippen LogP contribution < -0.4 is 21.5 Å². The van der Waals surface area contributed by atoms with E-state index in [0.717, 1.165) is 35.5 Å². The second kappa shape index (κ2) is 40.8. The van der Waals surface area contributed by atoms with Crippen LogP contribution in [0.4, 0.5) is 0 Å². The lowest BCUT2D eigenvalue weighted by Crippen LogP contribution is -3.00. The molecule has 370 valence electrons. The Morgan fingerprint density at radius 3 is 1.17 bits per heavy atom. The van der Waals surface area contributed by atoms with Crippen LogP contribution in [-0.2, 0) is 20.9 Å². The van der Waals surface area contributed by atoms with Gasteiger partial charge < -0.3 is 36.6 Å². The molecule has 2 aromatic heterocycles. The van der Waals surface area contributed by atoms with Crippen molar-refractivity contribution >= 4 is 72.3 Å². The third-order valence-corrected chi connectivity index (χ3v) is 11.7. The lowest BCUT2D eigenvalue weighted by Gasteiger charge is -2.10. The molecule has 4 amide bonds. The lowest BCUT2D eigenvalue weighted by atomic mass is 10.1. The number of pyridine rings is 2. The fourth-order valence-electron chi connectivity index (χ4n) is 6.64. The van der Waals surface area contributed by atoms with Crippen molar-refractivity contribution in [3.8, 4) is 0 Å². The molecule has 3 saturated carbocycles. The summed E-state index contributed by atoms with van der Waals surface area (Å²) in [6.45, 7) is 18.3. The molecule has 3 aliphatic carbocycles. The molecule has 0 bridgehead atoms. The van der Waals surface area contributed by atoms with Gasteiger partial charge in [-0.2, -0.15) is 4.57 Å². The topological polar surface area (TPSA) is 115 Å². The molecule has 0 spiro atoms. The van der Waals surface area contributed by atoms with Gasteiger partial charge in [-0.15, -0.1) is 0 Å². The summed E-state index contributed by atoms with van der Waals surface area (Å²) in [6.07, 6.45) is 19.9. The standard InChI is InChI=1S/C12H18N3O2.C8H10N2O.3C7H14.C4H8BrNO.C2H2BrClO.C2H6.BrH/c1-13(2)11(16)9-15-7-5-6-10(8-15)12(17)14(3)4;1-10(2)8(11)7-4-3-5-9-6-7;3*1-6-3-4-7(2)5-6;1-6(2)4(7)3-5;3-1-2(4)5;1-2;/h5-8H,9H2,1-4H3;3-6H,1-2H3;3*6-7H,3-5H2,1-2H3;3H2,1-2H3;1H2;1-2H3;1H/q+1;;;;;;;;/p-1. The van der Waals surface area contributed by atoms with Crippen LogP contribution in [0.1, 0.15) is 134 Å². The smallest absolute Gasteiger partial charge is 0.288 e. The van der Waals surface area contributed by atoms with Gasteiger partial charge in [-0.25, -0.2) is 0 Å². The molecule has 5 rings (SSSR count). The first-order valence-corrected chi connectivity index (χ1v) is 25.1. The Morgan fingerprint density at radius 2 is 0.938 bits per heavy atom. The summed E-state index contributed by atoms with van der Waals surface area (Å²) < 4.78 is 1.71. The molecular formula is C49H86Br3ClN6O5. The quantitative estimate of drug-likeness (QED) is 0.168. The highest BCUT2D eigenvalue weighted by Gasteiger charge is 2.18. The SMILES string of the molecule is CC.CC1CCC(C)C1.CC1CCC(C)C1.CC1CCC(C)C1.CN(C)C(=O)CBr.CN(C)C(=O)C[n+]1cccc(C(=O)N(C)C)c1.CN(C)C(=O)c1cccnc1.O=C(Cl)CBr.[Br-]. The molecule has 2 heterocycles. The van der Waals surface area contributed by atoms with E-state index in [4.69, 9.17) is 11.6 Å². The van der Waals surface area contributed by atoms with Crippen molar-refractivity contribution in [1.29, 1.82) is 0 Å². The molecule has 11 nitrogen and oxygen atoms in total. The maximum atomic E-state index is 11.7. The summed E-state index contributed by atoms with van der Waals surface area (Å²) in [5.41, 5.74) is 1.20. The summed E-state index contributed by atoms with van der Waals surface area (Å²) >= 11 is 10.6. The van der Waals surface area contributed by atoms with Crippen LogP contribution in [0.3, 0.4) is 0 Å². The highest BCUT2D eigenvalue weighted by atomic mass is 79.9. The average Bonchev–Trinajstić information content (AvgIpc) is 3.97. The van der Waals surface area contributed by atoms with Crippen molar-refractivity contribution in [2.75, 3.05) is 67.0 Å². The van der Waals surface area contributed by atoms with E-state index in [1.54, 1.807) is 110 Å². The van der Waals surface area contributed by atoms with Gasteiger partial charge in [0.15, 0.2) is 12.4 Å². The summed E-state index contributed by atoms with van der Waals surface area (Å²) in [5.74, 6) is 6.14. The predicted molar refractivity (Wildman–Crippen MR) is 271 cm³/mol. The van der Waals surface area contributed by atoms with Crippen molar-refractivity contribution in [1.82, 2.24) is 24.6 Å². The van der Waals surface area contributed by atoms with E-state index < -0.39 is 0 Å². The van der Waals surface area contributed by atoms with E-state index >= 15 is 0 Å². The number of rotatable bonds is 6. The number of likely N-dealkylation sites (N-methyl/N-ethyl adjacent to an activating group) is 1. The number of carbonyl (C=O) groups is 5. The Balaban J connectivity index is -0.000000338. The maximum absolute atomic E-state index is 11.7. The first-order chi connectivity index (χ1) is 29.4. The second-order valence-corrected chi connectivity index (χ2v) is 19.2. The Labute approximate surface area is 422 Å². The summed E-state index contributed by atoms with van der Waals surface area (Å²) in [4.78, 5) is 64.4. The number of carbonyl (C=O) groups excluding carboxylic acids is 5. The number of alkyl halides is 2. The first-order valence-electron chi connectivity index (χ1n) is 22.5. The van der Waals surface area contributed by atoms with Crippen LogP contribution in [0.25, 0.3) is 0 Å². The molecule has 0 saturated heterocycles. The third kappa shape index (κ3) is 36.8. The monoisotopic (exact) mass is 1110 g/mol. The van der Waals surface area contributed by atoms with Crippen molar-refractivity contribution in [2.24, 2.45) is 35.5 Å². The zero-order valence-electron chi connectivity index (χ0n) is 42.3. The van der Waals surface area contributed by atoms with Gasteiger partial charge in [-0.1, -0.05) is 126 Å². The summed E-state index contributed by atoms with van der Waals surface area (Å²) in [7, 11) is 13.7. The minimum Gasteiger partial charge on any atom is -1.00 e. The van der Waals surface area contributed by atoms with Gasteiger partial charge in [0.1, 0.15) is 5.56 Å². The van der Waals surface area contributed by atoms with Crippen LogP contribution in [0.15, 0.2) is 49.1 Å². The molecule has 2 aromatic rings. The van der Waals surface area contributed by atoms with Gasteiger partial charge in [-0.3, -0.25) is 29.0 Å². The van der Waals surface area contributed by atoms with Crippen LogP contribution in [0, 0.1) is 35.5 Å².